The number of hydrogen-bond donors (Lipinski definition) is 3. The molecule has 0 amide bonds. The van der Waals surface area contributed by atoms with Gasteiger partial charge in [-0.25, -0.2) is 5.43 Å². The lowest BCUT2D eigenvalue weighted by atomic mass is 10.2. The number of nitrogens with one attached hydrogen (secondary N) is 2. The highest BCUT2D eigenvalue weighted by Gasteiger charge is 1.96. The van der Waals surface area contributed by atoms with Crippen molar-refractivity contribution >= 4 is 35.2 Å². The maximum atomic E-state index is 5.69. The predicted molar refractivity (Wildman–Crippen MR) is 91.5 cm³/mol. The molecule has 0 aliphatic rings. The second-order valence-electron chi connectivity index (χ2n) is 4.07. The van der Waals surface area contributed by atoms with E-state index in [0.717, 1.165) is 11.3 Å². The van der Waals surface area contributed by atoms with Crippen LogP contribution >= 0.6 is 12.2 Å². The Morgan fingerprint density at radius 3 is 2.29 bits per heavy atom. The summed E-state index contributed by atoms with van der Waals surface area (Å²) in [6, 6.07) is 19.2. The number of guanidine groups is 1. The third-order valence-corrected chi connectivity index (χ3v) is 2.63. The number of hydrazone groups is 1. The average molecular weight is 297 g/mol. The standard InChI is InChI=1S/C15H15N5S/c16-14(20-17-11-12-7-3-1-4-8-12)19-15(21)18-13-9-5-2-6-10-13/h1-11H,(H4,16,18,19,20,21)/b17-11-. The van der Waals surface area contributed by atoms with E-state index in [0.29, 0.717) is 0 Å². The minimum absolute atomic E-state index is 0.121. The largest absolute Gasteiger partial charge is 0.368 e. The van der Waals surface area contributed by atoms with Crippen molar-refractivity contribution < 1.29 is 0 Å². The van der Waals surface area contributed by atoms with Crippen LogP contribution in [0.3, 0.4) is 0 Å². The summed E-state index contributed by atoms with van der Waals surface area (Å²) >= 11 is 5.09. The molecule has 0 heterocycles. The van der Waals surface area contributed by atoms with Gasteiger partial charge in [-0.1, -0.05) is 48.5 Å². The van der Waals surface area contributed by atoms with Crippen LogP contribution in [0.15, 0.2) is 70.8 Å². The summed E-state index contributed by atoms with van der Waals surface area (Å²) in [4.78, 5) is 3.99. The van der Waals surface area contributed by atoms with E-state index in [4.69, 9.17) is 18.0 Å². The van der Waals surface area contributed by atoms with Crippen molar-refractivity contribution in [2.24, 2.45) is 15.8 Å². The van der Waals surface area contributed by atoms with Crippen molar-refractivity contribution in [2.75, 3.05) is 5.32 Å². The van der Waals surface area contributed by atoms with Crippen molar-refractivity contribution in [3.05, 3.63) is 66.2 Å². The van der Waals surface area contributed by atoms with Crippen LogP contribution in [0.1, 0.15) is 5.56 Å². The molecule has 0 fully saturated rings. The first-order valence-corrected chi connectivity index (χ1v) is 6.69. The first-order chi connectivity index (χ1) is 10.2. The number of benzene rings is 2. The average Bonchev–Trinajstić information content (AvgIpc) is 2.49. The molecule has 0 saturated heterocycles. The number of nitrogens with zero attached hydrogens (tertiary/aromatic N) is 2. The summed E-state index contributed by atoms with van der Waals surface area (Å²) in [5.41, 5.74) is 10.1. The van der Waals surface area contributed by atoms with E-state index in [2.05, 4.69) is 20.8 Å². The summed E-state index contributed by atoms with van der Waals surface area (Å²) in [5, 5.41) is 7.20. The van der Waals surface area contributed by atoms with Gasteiger partial charge in [-0.15, -0.1) is 0 Å². The van der Waals surface area contributed by atoms with E-state index in [9.17, 15) is 0 Å². The van der Waals surface area contributed by atoms with Crippen molar-refractivity contribution in [1.29, 1.82) is 0 Å². The van der Waals surface area contributed by atoms with Crippen molar-refractivity contribution in [3.8, 4) is 0 Å². The zero-order valence-corrected chi connectivity index (χ0v) is 12.0. The topological polar surface area (TPSA) is 74.8 Å². The zero-order chi connectivity index (χ0) is 14.9. The molecule has 0 unspecified atom stereocenters. The van der Waals surface area contributed by atoms with Crippen LogP contribution in [0.5, 0.6) is 0 Å². The fourth-order valence-corrected chi connectivity index (χ4v) is 1.74. The molecule has 0 spiro atoms. The first kappa shape index (κ1) is 14.7. The fraction of sp³-hybridized carbons (Fsp3) is 0. The minimum Gasteiger partial charge on any atom is -0.368 e. The van der Waals surface area contributed by atoms with Gasteiger partial charge >= 0.3 is 0 Å². The number of hydrogen-bond acceptors (Lipinski definition) is 2. The van der Waals surface area contributed by atoms with Gasteiger partial charge in [-0.2, -0.15) is 10.1 Å². The van der Waals surface area contributed by atoms with Gasteiger partial charge in [0.15, 0.2) is 0 Å². The van der Waals surface area contributed by atoms with Crippen LogP contribution in [0.2, 0.25) is 0 Å². The Bertz CT molecular complexity index is 638. The molecule has 0 aliphatic heterocycles. The van der Waals surface area contributed by atoms with Gasteiger partial charge in [-0.05, 0) is 29.9 Å². The van der Waals surface area contributed by atoms with Gasteiger partial charge in [0, 0.05) is 5.69 Å². The lowest BCUT2D eigenvalue weighted by Crippen LogP contribution is -2.29. The van der Waals surface area contributed by atoms with Crippen LogP contribution in [-0.4, -0.2) is 17.3 Å². The molecule has 0 radical (unpaired) electrons. The highest BCUT2D eigenvalue weighted by molar-refractivity contribution is 7.80. The fourth-order valence-electron chi connectivity index (χ4n) is 1.52. The molecule has 2 aromatic rings. The Hall–Kier alpha value is -2.73. The van der Waals surface area contributed by atoms with Crippen molar-refractivity contribution in [3.63, 3.8) is 0 Å². The van der Waals surface area contributed by atoms with Crippen LogP contribution in [0.4, 0.5) is 5.69 Å². The molecular weight excluding hydrogens is 282 g/mol. The number of rotatable bonds is 3. The van der Waals surface area contributed by atoms with Gasteiger partial charge in [0.05, 0.1) is 6.21 Å². The second-order valence-corrected chi connectivity index (χ2v) is 4.46. The lowest BCUT2D eigenvalue weighted by molar-refractivity contribution is 1.02. The highest BCUT2D eigenvalue weighted by atomic mass is 32.1. The second kappa shape index (κ2) is 7.76. The Morgan fingerprint density at radius 1 is 1.00 bits per heavy atom. The van der Waals surface area contributed by atoms with Gasteiger partial charge in [0.1, 0.15) is 0 Å². The maximum absolute atomic E-state index is 5.69. The Labute approximate surface area is 128 Å². The highest BCUT2D eigenvalue weighted by Crippen LogP contribution is 2.05. The molecule has 21 heavy (non-hydrogen) atoms. The molecule has 6 heteroatoms. The number of thiocarbonyl (C=S) groups is 1. The monoisotopic (exact) mass is 297 g/mol. The van der Waals surface area contributed by atoms with E-state index in [1.807, 2.05) is 60.7 Å². The van der Waals surface area contributed by atoms with Crippen molar-refractivity contribution in [2.45, 2.75) is 0 Å². The number of anilines is 1. The van der Waals surface area contributed by atoms with Gasteiger partial charge in [0.25, 0.3) is 0 Å². The molecule has 0 aromatic heterocycles. The Morgan fingerprint density at radius 2 is 1.62 bits per heavy atom. The van der Waals surface area contributed by atoms with Crippen LogP contribution < -0.4 is 16.5 Å². The summed E-state index contributed by atoms with van der Waals surface area (Å²) in [6.45, 7) is 0. The number of nitrogens with two attached hydrogens (primary N) is 1. The van der Waals surface area contributed by atoms with Crippen LogP contribution in [-0.2, 0) is 0 Å². The molecule has 0 bridgehead atoms. The van der Waals surface area contributed by atoms with Gasteiger partial charge in [-0.3, -0.25) is 0 Å². The third-order valence-electron chi connectivity index (χ3n) is 2.44. The quantitative estimate of drug-likeness (QED) is 0.352. The van der Waals surface area contributed by atoms with E-state index in [1.165, 1.54) is 0 Å². The van der Waals surface area contributed by atoms with E-state index in [1.54, 1.807) is 6.21 Å². The molecular formula is C15H15N5S. The van der Waals surface area contributed by atoms with Crippen molar-refractivity contribution in [1.82, 2.24) is 5.43 Å². The van der Waals surface area contributed by atoms with E-state index >= 15 is 0 Å². The van der Waals surface area contributed by atoms with Crippen LogP contribution in [0, 0.1) is 0 Å². The SMILES string of the molecule is NC(=NC(=S)Nc1ccccc1)N/N=C\c1ccccc1. The molecule has 2 rings (SSSR count). The lowest BCUT2D eigenvalue weighted by Gasteiger charge is -2.04. The van der Waals surface area contributed by atoms with E-state index < -0.39 is 0 Å². The summed E-state index contributed by atoms with van der Waals surface area (Å²) < 4.78 is 0. The minimum atomic E-state index is 0.121. The zero-order valence-electron chi connectivity index (χ0n) is 11.2. The molecule has 5 nitrogen and oxygen atoms in total. The smallest absolute Gasteiger partial charge is 0.216 e. The number of para-hydroxylation sites is 1. The molecule has 0 saturated carbocycles. The Balaban J connectivity index is 1.86. The third kappa shape index (κ3) is 5.42. The maximum Gasteiger partial charge on any atom is 0.216 e. The molecule has 106 valence electrons. The molecule has 0 atom stereocenters. The molecule has 4 N–H and O–H groups in total. The van der Waals surface area contributed by atoms with Gasteiger partial charge < -0.3 is 11.1 Å². The number of aliphatic imine (C=N–C) groups is 1. The molecule has 2 aromatic carbocycles. The van der Waals surface area contributed by atoms with E-state index in [-0.39, 0.29) is 11.1 Å². The first-order valence-electron chi connectivity index (χ1n) is 6.28. The summed E-state index contributed by atoms with van der Waals surface area (Å²) in [5.74, 6) is 0.121. The predicted octanol–water partition coefficient (Wildman–Crippen LogP) is 2.32. The van der Waals surface area contributed by atoms with Crippen LogP contribution in [0.25, 0.3) is 0 Å². The molecule has 0 aliphatic carbocycles. The van der Waals surface area contributed by atoms with Gasteiger partial charge in [0.2, 0.25) is 11.1 Å². The Kier molecular flexibility index (Phi) is 5.42. The summed E-state index contributed by atoms with van der Waals surface area (Å²) in [7, 11) is 0. The summed E-state index contributed by atoms with van der Waals surface area (Å²) in [6.07, 6.45) is 1.65. The normalized spacial score (nSPS) is 11.3.